The van der Waals surface area contributed by atoms with Gasteiger partial charge < -0.3 is 9.47 Å². The van der Waals surface area contributed by atoms with Crippen molar-refractivity contribution in [2.75, 3.05) is 26.4 Å². The van der Waals surface area contributed by atoms with E-state index in [0.29, 0.717) is 30.9 Å². The first-order chi connectivity index (χ1) is 9.75. The van der Waals surface area contributed by atoms with E-state index in [1.54, 1.807) is 0 Å². The van der Waals surface area contributed by atoms with E-state index < -0.39 is 0 Å². The third kappa shape index (κ3) is 5.02. The molecular weight excluding hydrogens is 259 g/mol. The van der Waals surface area contributed by atoms with Crippen molar-refractivity contribution in [1.29, 1.82) is 0 Å². The van der Waals surface area contributed by atoms with Gasteiger partial charge in [0.25, 0.3) is 0 Å². The Balaban J connectivity index is 1.58. The van der Waals surface area contributed by atoms with E-state index in [1.165, 1.54) is 24.3 Å². The van der Waals surface area contributed by atoms with Crippen LogP contribution in [0.4, 0.5) is 4.39 Å². The third-order valence-electron chi connectivity index (χ3n) is 3.55. The number of halogens is 1. The number of rotatable bonds is 7. The first-order valence-electron chi connectivity index (χ1n) is 7.20. The van der Waals surface area contributed by atoms with Crippen molar-refractivity contribution < 1.29 is 18.7 Å². The SMILES string of the molecule is O=C(CCCOCC1CCOCC1)c1ccc(F)cc1. The fourth-order valence-electron chi connectivity index (χ4n) is 2.28. The lowest BCUT2D eigenvalue weighted by Gasteiger charge is -2.21. The van der Waals surface area contributed by atoms with Crippen LogP contribution in [0.25, 0.3) is 0 Å². The number of hydrogen-bond donors (Lipinski definition) is 0. The number of ether oxygens (including phenoxy) is 2. The Labute approximate surface area is 119 Å². The topological polar surface area (TPSA) is 35.5 Å². The second kappa shape index (κ2) is 8.12. The molecule has 0 amide bonds. The molecule has 2 rings (SSSR count). The molecular formula is C16H21FO3. The molecule has 20 heavy (non-hydrogen) atoms. The summed E-state index contributed by atoms with van der Waals surface area (Å²) in [4.78, 5) is 11.8. The summed E-state index contributed by atoms with van der Waals surface area (Å²) in [5, 5.41) is 0. The average Bonchev–Trinajstić information content (AvgIpc) is 2.48. The van der Waals surface area contributed by atoms with Gasteiger partial charge in [-0.25, -0.2) is 4.39 Å². The Morgan fingerprint density at radius 1 is 1.25 bits per heavy atom. The fourth-order valence-corrected chi connectivity index (χ4v) is 2.28. The highest BCUT2D eigenvalue weighted by atomic mass is 19.1. The smallest absolute Gasteiger partial charge is 0.162 e. The van der Waals surface area contributed by atoms with Crippen molar-refractivity contribution in [3.05, 3.63) is 35.6 Å². The minimum absolute atomic E-state index is 0.0414. The standard InChI is InChI=1S/C16H21FO3/c17-15-5-3-14(4-6-15)16(18)2-1-9-20-12-13-7-10-19-11-8-13/h3-6,13H,1-2,7-12H2. The lowest BCUT2D eigenvalue weighted by Crippen LogP contribution is -2.20. The van der Waals surface area contributed by atoms with Crippen LogP contribution in [0, 0.1) is 11.7 Å². The van der Waals surface area contributed by atoms with Crippen LogP contribution in [-0.4, -0.2) is 32.2 Å². The van der Waals surface area contributed by atoms with E-state index in [-0.39, 0.29) is 11.6 Å². The minimum Gasteiger partial charge on any atom is -0.381 e. The van der Waals surface area contributed by atoms with E-state index in [1.807, 2.05) is 0 Å². The van der Waals surface area contributed by atoms with Crippen molar-refractivity contribution in [1.82, 2.24) is 0 Å². The maximum absolute atomic E-state index is 12.7. The highest BCUT2D eigenvalue weighted by Gasteiger charge is 2.13. The van der Waals surface area contributed by atoms with Gasteiger partial charge in [-0.2, -0.15) is 0 Å². The number of carbonyl (C=O) groups is 1. The lowest BCUT2D eigenvalue weighted by molar-refractivity contribution is 0.0199. The first-order valence-corrected chi connectivity index (χ1v) is 7.20. The Kier molecular flexibility index (Phi) is 6.15. The van der Waals surface area contributed by atoms with Gasteiger partial charge in [0.2, 0.25) is 0 Å². The van der Waals surface area contributed by atoms with Gasteiger partial charge in [0, 0.05) is 38.4 Å². The van der Waals surface area contributed by atoms with Gasteiger partial charge in [-0.1, -0.05) is 0 Å². The molecule has 0 radical (unpaired) electrons. The van der Waals surface area contributed by atoms with Gasteiger partial charge in [0.1, 0.15) is 5.82 Å². The molecule has 0 saturated carbocycles. The van der Waals surface area contributed by atoms with Crippen molar-refractivity contribution in [3.63, 3.8) is 0 Å². The zero-order valence-corrected chi connectivity index (χ0v) is 11.6. The molecule has 3 nitrogen and oxygen atoms in total. The summed E-state index contributed by atoms with van der Waals surface area (Å²) in [6.07, 6.45) is 3.28. The Morgan fingerprint density at radius 3 is 2.65 bits per heavy atom. The second-order valence-electron chi connectivity index (χ2n) is 5.16. The van der Waals surface area contributed by atoms with Crippen LogP contribution in [0.5, 0.6) is 0 Å². The van der Waals surface area contributed by atoms with Gasteiger partial charge >= 0.3 is 0 Å². The van der Waals surface area contributed by atoms with E-state index in [0.717, 1.165) is 32.7 Å². The van der Waals surface area contributed by atoms with Crippen LogP contribution in [-0.2, 0) is 9.47 Å². The molecule has 1 aromatic rings. The van der Waals surface area contributed by atoms with E-state index >= 15 is 0 Å². The van der Waals surface area contributed by atoms with Gasteiger partial charge in [-0.15, -0.1) is 0 Å². The maximum atomic E-state index is 12.7. The largest absolute Gasteiger partial charge is 0.381 e. The Hall–Kier alpha value is -1.26. The van der Waals surface area contributed by atoms with E-state index in [4.69, 9.17) is 9.47 Å². The number of benzene rings is 1. The molecule has 0 aliphatic carbocycles. The summed E-state index contributed by atoms with van der Waals surface area (Å²) >= 11 is 0. The predicted molar refractivity (Wildman–Crippen MR) is 74.3 cm³/mol. The molecule has 0 N–H and O–H groups in total. The molecule has 1 aliphatic rings. The second-order valence-corrected chi connectivity index (χ2v) is 5.16. The molecule has 1 aromatic carbocycles. The van der Waals surface area contributed by atoms with Crippen LogP contribution < -0.4 is 0 Å². The van der Waals surface area contributed by atoms with Crippen LogP contribution in [0.3, 0.4) is 0 Å². The molecule has 0 spiro atoms. The fraction of sp³-hybridized carbons (Fsp3) is 0.562. The minimum atomic E-state index is -0.318. The molecule has 1 aliphatic heterocycles. The maximum Gasteiger partial charge on any atom is 0.162 e. The third-order valence-corrected chi connectivity index (χ3v) is 3.55. The first kappa shape index (κ1) is 15.1. The molecule has 1 saturated heterocycles. The molecule has 0 atom stereocenters. The number of carbonyl (C=O) groups excluding carboxylic acids is 1. The molecule has 1 heterocycles. The van der Waals surface area contributed by atoms with Crippen molar-refractivity contribution in [3.8, 4) is 0 Å². The van der Waals surface area contributed by atoms with E-state index in [2.05, 4.69) is 0 Å². The summed E-state index contributed by atoms with van der Waals surface area (Å²) in [6, 6.07) is 5.69. The van der Waals surface area contributed by atoms with Gasteiger partial charge in [0.15, 0.2) is 5.78 Å². The Morgan fingerprint density at radius 2 is 1.95 bits per heavy atom. The molecule has 4 heteroatoms. The average molecular weight is 280 g/mol. The number of hydrogen-bond acceptors (Lipinski definition) is 3. The number of ketones is 1. The zero-order valence-electron chi connectivity index (χ0n) is 11.6. The highest BCUT2D eigenvalue weighted by Crippen LogP contribution is 2.15. The molecule has 0 unspecified atom stereocenters. The van der Waals surface area contributed by atoms with E-state index in [9.17, 15) is 9.18 Å². The summed E-state index contributed by atoms with van der Waals surface area (Å²) in [6.45, 7) is 3.02. The van der Waals surface area contributed by atoms with Crippen LogP contribution in [0.2, 0.25) is 0 Å². The monoisotopic (exact) mass is 280 g/mol. The van der Waals surface area contributed by atoms with Gasteiger partial charge in [-0.3, -0.25) is 4.79 Å². The van der Waals surface area contributed by atoms with Crippen molar-refractivity contribution in [2.45, 2.75) is 25.7 Å². The summed E-state index contributed by atoms with van der Waals surface area (Å²) < 4.78 is 23.6. The van der Waals surface area contributed by atoms with Crippen molar-refractivity contribution >= 4 is 5.78 Å². The number of Topliss-reactive ketones (excluding diaryl/α,β-unsaturated/α-hetero) is 1. The quantitative estimate of drug-likeness (QED) is 0.568. The highest BCUT2D eigenvalue weighted by molar-refractivity contribution is 5.95. The molecule has 110 valence electrons. The normalized spacial score (nSPS) is 16.2. The van der Waals surface area contributed by atoms with Crippen LogP contribution in [0.15, 0.2) is 24.3 Å². The summed E-state index contributed by atoms with van der Waals surface area (Å²) in [7, 11) is 0. The van der Waals surface area contributed by atoms with Gasteiger partial charge in [-0.05, 0) is 49.4 Å². The van der Waals surface area contributed by atoms with Crippen LogP contribution in [0.1, 0.15) is 36.0 Å². The van der Waals surface area contributed by atoms with Gasteiger partial charge in [0.05, 0.1) is 0 Å². The predicted octanol–water partition coefficient (Wildman–Crippen LogP) is 3.23. The summed E-state index contributed by atoms with van der Waals surface area (Å²) in [5.41, 5.74) is 0.566. The Bertz CT molecular complexity index is 410. The zero-order chi connectivity index (χ0) is 14.2. The van der Waals surface area contributed by atoms with Crippen molar-refractivity contribution in [2.24, 2.45) is 5.92 Å². The molecule has 0 bridgehead atoms. The molecule has 0 aromatic heterocycles. The molecule has 1 fully saturated rings. The summed E-state index contributed by atoms with van der Waals surface area (Å²) in [5.74, 6) is 0.317. The lowest BCUT2D eigenvalue weighted by atomic mass is 10.0. The van der Waals surface area contributed by atoms with Crippen LogP contribution >= 0.6 is 0 Å².